The number of carbonyl (C=O) groups excluding carboxylic acids is 1. The Labute approximate surface area is 154 Å². The van der Waals surface area contributed by atoms with Crippen molar-refractivity contribution in [2.45, 2.75) is 58.3 Å². The lowest BCUT2D eigenvalue weighted by Gasteiger charge is -2.26. The maximum absolute atomic E-state index is 14.2. The van der Waals surface area contributed by atoms with Gasteiger partial charge in [-0.15, -0.1) is 0 Å². The normalized spacial score (nSPS) is 16.5. The van der Waals surface area contributed by atoms with Gasteiger partial charge in [0.1, 0.15) is 5.56 Å². The van der Waals surface area contributed by atoms with E-state index in [0.29, 0.717) is 11.6 Å². The molecule has 1 aliphatic rings. The van der Waals surface area contributed by atoms with E-state index in [2.05, 4.69) is 23.4 Å². The predicted octanol–water partition coefficient (Wildman–Crippen LogP) is 5.19. The van der Waals surface area contributed by atoms with Gasteiger partial charge in [-0.2, -0.15) is 9.49 Å². The Kier molecular flexibility index (Phi) is 5.74. The molecule has 5 heteroatoms. The van der Waals surface area contributed by atoms with Gasteiger partial charge >= 0.3 is 0 Å². The topological polar surface area (TPSA) is 46.9 Å². The molecule has 0 bridgehead atoms. The third kappa shape index (κ3) is 3.97. The molecular weight excluding hydrogens is 329 g/mol. The summed E-state index contributed by atoms with van der Waals surface area (Å²) in [5.74, 6) is 0.0770. The van der Waals surface area contributed by atoms with E-state index in [9.17, 15) is 9.18 Å². The molecule has 0 aliphatic heterocycles. The van der Waals surface area contributed by atoms with E-state index < -0.39 is 11.9 Å². The van der Waals surface area contributed by atoms with Gasteiger partial charge in [-0.1, -0.05) is 57.2 Å². The van der Waals surface area contributed by atoms with Gasteiger partial charge < -0.3 is 5.32 Å². The van der Waals surface area contributed by atoms with Crippen molar-refractivity contribution in [1.29, 1.82) is 0 Å². The standard InChI is InChI=1S/C21H28FN3O/c1-14(13-16-9-5-4-6-10-16)17-11-7-8-12-18(17)23-21(26)19-15(2)24-25(3)20(19)22/h7-8,11-12,14,16H,4-6,9-10,13H2,1-3H3,(H,23,26). The zero-order valence-corrected chi connectivity index (χ0v) is 15.9. The summed E-state index contributed by atoms with van der Waals surface area (Å²) in [6.45, 7) is 3.87. The Hall–Kier alpha value is -2.17. The molecule has 1 heterocycles. The largest absolute Gasteiger partial charge is 0.322 e. The average molecular weight is 357 g/mol. The molecule has 0 saturated heterocycles. The molecule has 1 atom stereocenters. The lowest BCUT2D eigenvalue weighted by atomic mass is 9.81. The Morgan fingerprint density at radius 1 is 1.31 bits per heavy atom. The number of aromatic nitrogens is 2. The van der Waals surface area contributed by atoms with Gasteiger partial charge in [0.2, 0.25) is 5.95 Å². The van der Waals surface area contributed by atoms with E-state index in [1.807, 2.05) is 18.2 Å². The van der Waals surface area contributed by atoms with Crippen molar-refractivity contribution >= 4 is 11.6 Å². The maximum atomic E-state index is 14.2. The molecular formula is C21H28FN3O. The van der Waals surface area contributed by atoms with Crippen molar-refractivity contribution in [3.8, 4) is 0 Å². The van der Waals surface area contributed by atoms with Crippen LogP contribution in [0.5, 0.6) is 0 Å². The SMILES string of the molecule is Cc1nn(C)c(F)c1C(=O)Nc1ccccc1C(C)CC1CCCCC1. The van der Waals surface area contributed by atoms with Gasteiger partial charge in [0, 0.05) is 12.7 Å². The van der Waals surface area contributed by atoms with E-state index in [0.717, 1.165) is 28.3 Å². The second-order valence-corrected chi connectivity index (χ2v) is 7.56. The molecule has 0 spiro atoms. The number of para-hydroxylation sites is 1. The fraction of sp³-hybridized carbons (Fsp3) is 0.524. The number of nitrogens with zero attached hydrogens (tertiary/aromatic N) is 2. The smallest absolute Gasteiger partial charge is 0.262 e. The third-order valence-corrected chi connectivity index (χ3v) is 5.53. The average Bonchev–Trinajstić information content (AvgIpc) is 2.88. The van der Waals surface area contributed by atoms with E-state index in [1.54, 1.807) is 6.92 Å². The van der Waals surface area contributed by atoms with Crippen LogP contribution in [0.3, 0.4) is 0 Å². The van der Waals surface area contributed by atoms with Crippen LogP contribution in [0.25, 0.3) is 0 Å². The molecule has 1 unspecified atom stereocenters. The summed E-state index contributed by atoms with van der Waals surface area (Å²) in [5, 5.41) is 6.90. The lowest BCUT2D eigenvalue weighted by molar-refractivity contribution is 0.102. The lowest BCUT2D eigenvalue weighted by Crippen LogP contribution is -2.17. The first-order valence-electron chi connectivity index (χ1n) is 9.56. The summed E-state index contributed by atoms with van der Waals surface area (Å²) < 4.78 is 15.3. The number of benzene rings is 1. The Bertz CT molecular complexity index is 778. The van der Waals surface area contributed by atoms with Crippen LogP contribution in [0, 0.1) is 18.8 Å². The summed E-state index contributed by atoms with van der Waals surface area (Å²) in [6, 6.07) is 7.86. The van der Waals surface area contributed by atoms with Crippen molar-refractivity contribution in [2.75, 3.05) is 5.32 Å². The molecule has 1 N–H and O–H groups in total. The number of amides is 1. The molecule has 1 aliphatic carbocycles. The molecule has 1 aromatic heterocycles. The molecule has 26 heavy (non-hydrogen) atoms. The van der Waals surface area contributed by atoms with Crippen LogP contribution in [0.1, 0.15) is 73.0 Å². The fourth-order valence-electron chi connectivity index (χ4n) is 4.16. The van der Waals surface area contributed by atoms with Crippen LogP contribution in [0.2, 0.25) is 0 Å². The first kappa shape index (κ1) is 18.6. The summed E-state index contributed by atoms with van der Waals surface area (Å²) >= 11 is 0. The second kappa shape index (κ2) is 8.02. The molecule has 1 saturated carbocycles. The predicted molar refractivity (Wildman–Crippen MR) is 102 cm³/mol. The molecule has 3 rings (SSSR count). The highest BCUT2D eigenvalue weighted by Gasteiger charge is 2.23. The zero-order chi connectivity index (χ0) is 18.7. The molecule has 1 fully saturated rings. The van der Waals surface area contributed by atoms with Crippen molar-refractivity contribution < 1.29 is 9.18 Å². The summed E-state index contributed by atoms with van der Waals surface area (Å²) in [7, 11) is 1.50. The van der Waals surface area contributed by atoms with Crippen molar-refractivity contribution in [3.63, 3.8) is 0 Å². The first-order valence-corrected chi connectivity index (χ1v) is 9.56. The minimum Gasteiger partial charge on any atom is -0.322 e. The minimum atomic E-state index is -0.604. The second-order valence-electron chi connectivity index (χ2n) is 7.56. The number of anilines is 1. The molecule has 1 aromatic carbocycles. The highest BCUT2D eigenvalue weighted by Crippen LogP contribution is 2.35. The number of hydrogen-bond donors (Lipinski definition) is 1. The number of halogens is 1. The van der Waals surface area contributed by atoms with Gasteiger partial charge in [-0.05, 0) is 36.8 Å². The van der Waals surface area contributed by atoms with Crippen LogP contribution >= 0.6 is 0 Å². The van der Waals surface area contributed by atoms with Crippen LogP contribution in [-0.4, -0.2) is 15.7 Å². The first-order chi connectivity index (χ1) is 12.5. The van der Waals surface area contributed by atoms with Gasteiger partial charge in [-0.3, -0.25) is 4.79 Å². The maximum Gasteiger partial charge on any atom is 0.262 e. The Morgan fingerprint density at radius 3 is 2.65 bits per heavy atom. The number of nitrogens with one attached hydrogen (secondary N) is 1. The highest BCUT2D eigenvalue weighted by molar-refractivity contribution is 6.05. The van der Waals surface area contributed by atoms with Crippen molar-refractivity contribution in [2.24, 2.45) is 13.0 Å². The number of aryl methyl sites for hydroxylation is 2. The van der Waals surface area contributed by atoms with Crippen LogP contribution in [-0.2, 0) is 7.05 Å². The quantitative estimate of drug-likeness (QED) is 0.800. The summed E-state index contributed by atoms with van der Waals surface area (Å²) in [4.78, 5) is 12.6. The zero-order valence-electron chi connectivity index (χ0n) is 15.9. The number of hydrogen-bond acceptors (Lipinski definition) is 2. The van der Waals surface area contributed by atoms with E-state index in [-0.39, 0.29) is 5.56 Å². The Balaban J connectivity index is 1.77. The van der Waals surface area contributed by atoms with Crippen molar-refractivity contribution in [1.82, 2.24) is 9.78 Å². The minimum absolute atomic E-state index is 0.0160. The van der Waals surface area contributed by atoms with E-state index >= 15 is 0 Å². The molecule has 4 nitrogen and oxygen atoms in total. The van der Waals surface area contributed by atoms with E-state index in [4.69, 9.17) is 0 Å². The third-order valence-electron chi connectivity index (χ3n) is 5.53. The van der Waals surface area contributed by atoms with Gasteiger partial charge in [0.05, 0.1) is 5.69 Å². The monoisotopic (exact) mass is 357 g/mol. The molecule has 140 valence electrons. The molecule has 1 amide bonds. The van der Waals surface area contributed by atoms with E-state index in [1.165, 1.54) is 39.2 Å². The summed E-state index contributed by atoms with van der Waals surface area (Å²) in [5.41, 5.74) is 2.30. The van der Waals surface area contributed by atoms with Crippen LogP contribution in [0.15, 0.2) is 24.3 Å². The van der Waals surface area contributed by atoms with Gasteiger partial charge in [0.25, 0.3) is 5.91 Å². The van der Waals surface area contributed by atoms with Gasteiger partial charge in [0.15, 0.2) is 0 Å². The molecule has 0 radical (unpaired) electrons. The number of rotatable bonds is 5. The highest BCUT2D eigenvalue weighted by atomic mass is 19.1. The Morgan fingerprint density at radius 2 is 2.00 bits per heavy atom. The van der Waals surface area contributed by atoms with Crippen LogP contribution < -0.4 is 5.32 Å². The molecule has 2 aromatic rings. The summed E-state index contributed by atoms with van der Waals surface area (Å²) in [6.07, 6.45) is 7.75. The number of carbonyl (C=O) groups is 1. The fourth-order valence-corrected chi connectivity index (χ4v) is 4.16. The van der Waals surface area contributed by atoms with Crippen LogP contribution in [0.4, 0.5) is 10.1 Å². The van der Waals surface area contributed by atoms with Crippen molar-refractivity contribution in [3.05, 3.63) is 47.0 Å². The van der Waals surface area contributed by atoms with Gasteiger partial charge in [-0.25, -0.2) is 4.68 Å².